The van der Waals surface area contributed by atoms with E-state index in [1.54, 1.807) is 0 Å². The number of amides is 1. The highest BCUT2D eigenvalue weighted by molar-refractivity contribution is 5.85. The van der Waals surface area contributed by atoms with Crippen molar-refractivity contribution >= 4 is 17.5 Å². The maximum absolute atomic E-state index is 11.7. The van der Waals surface area contributed by atoms with E-state index in [0.717, 1.165) is 36.6 Å². The van der Waals surface area contributed by atoms with Crippen LogP contribution in [0.2, 0.25) is 0 Å². The van der Waals surface area contributed by atoms with E-state index in [1.165, 1.54) is 0 Å². The van der Waals surface area contributed by atoms with Gasteiger partial charge in [-0.1, -0.05) is 0 Å². The number of hydrogen-bond donors (Lipinski definition) is 3. The smallest absolute Gasteiger partial charge is 0.242 e. The molecule has 1 aliphatic heterocycles. The number of carbonyl (C=O) groups excluding carboxylic acids is 1. The fraction of sp³-hybridized carbons (Fsp3) is 0.583. The van der Waals surface area contributed by atoms with Crippen molar-refractivity contribution in [2.45, 2.75) is 32.7 Å². The van der Waals surface area contributed by atoms with Crippen LogP contribution >= 0.6 is 0 Å². The quantitative estimate of drug-likeness (QED) is 0.739. The number of anilines is 2. The summed E-state index contributed by atoms with van der Waals surface area (Å²) in [6, 6.07) is -0.198. The molecule has 1 unspecified atom stereocenters. The Morgan fingerprint density at radius 3 is 2.67 bits per heavy atom. The lowest BCUT2D eigenvalue weighted by atomic mass is 10.1. The number of nitrogens with one attached hydrogen (secondary N) is 3. The molecule has 6 heteroatoms. The second-order valence-corrected chi connectivity index (χ2v) is 4.47. The summed E-state index contributed by atoms with van der Waals surface area (Å²) in [4.78, 5) is 20.4. The van der Waals surface area contributed by atoms with Crippen LogP contribution in [0.5, 0.6) is 0 Å². The van der Waals surface area contributed by atoms with E-state index in [-0.39, 0.29) is 11.9 Å². The highest BCUT2D eigenvalue weighted by atomic mass is 16.2. The fourth-order valence-corrected chi connectivity index (χ4v) is 2.09. The SMILES string of the molecule is CNc1nc(C)nc(NC2CCCNC2=O)c1C. The molecule has 1 saturated heterocycles. The van der Waals surface area contributed by atoms with Gasteiger partial charge in [-0.3, -0.25) is 4.79 Å². The Bertz CT molecular complexity index is 460. The number of piperidine rings is 1. The molecular weight excluding hydrogens is 230 g/mol. The molecule has 1 aliphatic rings. The Morgan fingerprint density at radius 2 is 2.00 bits per heavy atom. The molecule has 0 radical (unpaired) electrons. The van der Waals surface area contributed by atoms with E-state index in [0.29, 0.717) is 5.82 Å². The second-order valence-electron chi connectivity index (χ2n) is 4.47. The first-order chi connectivity index (χ1) is 8.61. The number of nitrogens with zero attached hydrogens (tertiary/aromatic N) is 2. The normalized spacial score (nSPS) is 19.3. The first-order valence-electron chi connectivity index (χ1n) is 6.19. The van der Waals surface area contributed by atoms with Crippen molar-refractivity contribution < 1.29 is 4.79 Å². The summed E-state index contributed by atoms with van der Waals surface area (Å²) in [5, 5.41) is 9.10. The zero-order valence-electron chi connectivity index (χ0n) is 11.0. The third kappa shape index (κ3) is 2.52. The molecule has 6 nitrogen and oxygen atoms in total. The van der Waals surface area contributed by atoms with Crippen molar-refractivity contribution in [3.8, 4) is 0 Å². The lowest BCUT2D eigenvalue weighted by Gasteiger charge is -2.24. The van der Waals surface area contributed by atoms with Gasteiger partial charge in [-0.2, -0.15) is 0 Å². The minimum atomic E-state index is -0.198. The van der Waals surface area contributed by atoms with E-state index in [9.17, 15) is 4.79 Å². The van der Waals surface area contributed by atoms with Gasteiger partial charge >= 0.3 is 0 Å². The first-order valence-corrected chi connectivity index (χ1v) is 6.19. The van der Waals surface area contributed by atoms with E-state index >= 15 is 0 Å². The van der Waals surface area contributed by atoms with E-state index < -0.39 is 0 Å². The molecule has 18 heavy (non-hydrogen) atoms. The summed E-state index contributed by atoms with van der Waals surface area (Å²) in [5.41, 5.74) is 0.932. The minimum Gasteiger partial charge on any atom is -0.373 e. The predicted octanol–water partition coefficient (Wildman–Crippen LogP) is 0.826. The Labute approximate surface area is 107 Å². The number of carbonyl (C=O) groups is 1. The Morgan fingerprint density at radius 1 is 1.28 bits per heavy atom. The van der Waals surface area contributed by atoms with Gasteiger partial charge in [0.05, 0.1) is 0 Å². The first kappa shape index (κ1) is 12.6. The molecule has 1 amide bonds. The van der Waals surface area contributed by atoms with Crippen LogP contribution in [0.1, 0.15) is 24.2 Å². The highest BCUT2D eigenvalue weighted by Gasteiger charge is 2.23. The van der Waals surface area contributed by atoms with Crippen LogP contribution < -0.4 is 16.0 Å². The van der Waals surface area contributed by atoms with Crippen LogP contribution in [0.4, 0.5) is 11.6 Å². The molecule has 0 saturated carbocycles. The summed E-state index contributed by atoms with van der Waals surface area (Å²) >= 11 is 0. The molecule has 3 N–H and O–H groups in total. The van der Waals surface area contributed by atoms with E-state index in [2.05, 4.69) is 25.9 Å². The molecular formula is C12H19N5O. The van der Waals surface area contributed by atoms with E-state index in [1.807, 2.05) is 20.9 Å². The van der Waals surface area contributed by atoms with Gasteiger partial charge in [0.25, 0.3) is 0 Å². The van der Waals surface area contributed by atoms with Crippen molar-refractivity contribution in [2.24, 2.45) is 0 Å². The van der Waals surface area contributed by atoms with Crippen LogP contribution in [0, 0.1) is 13.8 Å². The molecule has 0 aliphatic carbocycles. The van der Waals surface area contributed by atoms with Gasteiger partial charge in [0.1, 0.15) is 23.5 Å². The topological polar surface area (TPSA) is 78.9 Å². The average Bonchev–Trinajstić information content (AvgIpc) is 2.36. The second kappa shape index (κ2) is 5.20. The molecule has 1 aromatic rings. The molecule has 1 aromatic heterocycles. The Balaban J connectivity index is 2.22. The number of aryl methyl sites for hydroxylation is 1. The standard InChI is InChI=1S/C12H19N5O/c1-7-10(13-3)15-8(2)16-11(7)17-9-5-4-6-14-12(9)18/h9H,4-6H2,1-3H3,(H,14,18)(H2,13,15,16,17). The zero-order chi connectivity index (χ0) is 13.1. The van der Waals surface area contributed by atoms with Crippen molar-refractivity contribution in [3.63, 3.8) is 0 Å². The highest BCUT2D eigenvalue weighted by Crippen LogP contribution is 2.21. The van der Waals surface area contributed by atoms with E-state index in [4.69, 9.17) is 0 Å². The summed E-state index contributed by atoms with van der Waals surface area (Å²) in [6.07, 6.45) is 1.83. The van der Waals surface area contributed by atoms with Gasteiger partial charge in [0, 0.05) is 19.2 Å². The van der Waals surface area contributed by atoms with Gasteiger partial charge in [-0.15, -0.1) is 0 Å². The molecule has 98 valence electrons. The van der Waals surface area contributed by atoms with Gasteiger partial charge < -0.3 is 16.0 Å². The van der Waals surface area contributed by atoms with Crippen molar-refractivity contribution in [1.29, 1.82) is 0 Å². The van der Waals surface area contributed by atoms with Crippen LogP contribution in [0.25, 0.3) is 0 Å². The van der Waals surface area contributed by atoms with Crippen molar-refractivity contribution in [2.75, 3.05) is 24.2 Å². The maximum Gasteiger partial charge on any atom is 0.242 e. The zero-order valence-corrected chi connectivity index (χ0v) is 11.0. The van der Waals surface area contributed by atoms with Gasteiger partial charge in [0.15, 0.2) is 0 Å². The summed E-state index contributed by atoms with van der Waals surface area (Å²) in [7, 11) is 1.83. The fourth-order valence-electron chi connectivity index (χ4n) is 2.09. The summed E-state index contributed by atoms with van der Waals surface area (Å²) < 4.78 is 0. The van der Waals surface area contributed by atoms with Crippen LogP contribution in [0.3, 0.4) is 0 Å². The van der Waals surface area contributed by atoms with Crippen molar-refractivity contribution in [1.82, 2.24) is 15.3 Å². The minimum absolute atomic E-state index is 0.0444. The third-order valence-electron chi connectivity index (χ3n) is 3.09. The number of aromatic nitrogens is 2. The monoisotopic (exact) mass is 249 g/mol. The van der Waals surface area contributed by atoms with Crippen LogP contribution in [0.15, 0.2) is 0 Å². The lowest BCUT2D eigenvalue weighted by molar-refractivity contribution is -0.123. The van der Waals surface area contributed by atoms with Crippen LogP contribution in [-0.4, -0.2) is 35.5 Å². The predicted molar refractivity (Wildman–Crippen MR) is 70.7 cm³/mol. The summed E-state index contributed by atoms with van der Waals surface area (Å²) in [6.45, 7) is 4.54. The Hall–Kier alpha value is -1.85. The third-order valence-corrected chi connectivity index (χ3v) is 3.09. The molecule has 2 rings (SSSR count). The van der Waals surface area contributed by atoms with Crippen molar-refractivity contribution in [3.05, 3.63) is 11.4 Å². The molecule has 1 fully saturated rings. The largest absolute Gasteiger partial charge is 0.373 e. The van der Waals surface area contributed by atoms with Gasteiger partial charge in [-0.05, 0) is 26.7 Å². The van der Waals surface area contributed by atoms with Crippen LogP contribution in [-0.2, 0) is 4.79 Å². The molecule has 0 aromatic carbocycles. The summed E-state index contributed by atoms with van der Waals surface area (Å²) in [5.74, 6) is 2.25. The molecule has 1 atom stereocenters. The lowest BCUT2D eigenvalue weighted by Crippen LogP contribution is -2.44. The molecule has 0 spiro atoms. The number of rotatable bonds is 3. The van der Waals surface area contributed by atoms with Gasteiger partial charge in [-0.25, -0.2) is 9.97 Å². The average molecular weight is 249 g/mol. The Kier molecular flexibility index (Phi) is 3.64. The molecule has 0 bridgehead atoms. The molecule has 2 heterocycles. The maximum atomic E-state index is 11.7. The number of hydrogen-bond acceptors (Lipinski definition) is 5. The van der Waals surface area contributed by atoms with Gasteiger partial charge in [0.2, 0.25) is 5.91 Å².